The van der Waals surface area contributed by atoms with Crippen LogP contribution in [0.3, 0.4) is 0 Å². The summed E-state index contributed by atoms with van der Waals surface area (Å²) in [6.07, 6.45) is 14.5. The molecular weight excluding hydrogens is 384 g/mol. The molecule has 0 heterocycles. The van der Waals surface area contributed by atoms with Gasteiger partial charge in [0.1, 0.15) is 5.78 Å². The Morgan fingerprint density at radius 2 is 1.90 bits per heavy atom. The minimum absolute atomic E-state index is 0.0658. The number of hydrogen-bond acceptors (Lipinski definition) is 3. The van der Waals surface area contributed by atoms with Crippen LogP contribution in [-0.4, -0.2) is 24.3 Å². The van der Waals surface area contributed by atoms with Gasteiger partial charge in [0.2, 0.25) is 0 Å². The number of hydrogen-bond donors (Lipinski definition) is 0. The van der Waals surface area contributed by atoms with Crippen LogP contribution in [0.15, 0.2) is 60.2 Å². The third-order valence-electron chi connectivity index (χ3n) is 8.77. The van der Waals surface area contributed by atoms with Crippen LogP contribution >= 0.6 is 0 Å². The number of allylic oxidation sites excluding steroid dienone is 3. The van der Waals surface area contributed by atoms with Crippen molar-refractivity contribution in [2.24, 2.45) is 28.6 Å². The van der Waals surface area contributed by atoms with E-state index >= 15 is 0 Å². The van der Waals surface area contributed by atoms with E-state index < -0.39 is 0 Å². The smallest absolute Gasteiger partial charge is 0.178 e. The fourth-order valence-corrected chi connectivity index (χ4v) is 7.07. The van der Waals surface area contributed by atoms with Crippen molar-refractivity contribution in [2.75, 3.05) is 6.61 Å². The van der Waals surface area contributed by atoms with Gasteiger partial charge in [0.05, 0.1) is 12.7 Å². The number of ketones is 2. The molecule has 6 atom stereocenters. The molecule has 5 rings (SSSR count). The van der Waals surface area contributed by atoms with Crippen LogP contribution in [0.25, 0.3) is 6.08 Å². The fraction of sp³-hybridized carbons (Fsp3) is 0.500. The van der Waals surface area contributed by atoms with Crippen molar-refractivity contribution in [1.82, 2.24) is 0 Å². The lowest BCUT2D eigenvalue weighted by molar-refractivity contribution is -0.133. The SMILES string of the molecule is C[C@]12C=CC(=O)C=C1[C@H](OCC=Cc1ccccc1)C[C@@H]1[C@@H]2CC[C@]2(C)C(=O)CC[C@@H]12. The first-order valence-electron chi connectivity index (χ1n) is 11.7. The van der Waals surface area contributed by atoms with Gasteiger partial charge in [-0.2, -0.15) is 0 Å². The molecule has 4 aliphatic carbocycles. The van der Waals surface area contributed by atoms with Gasteiger partial charge in [-0.3, -0.25) is 9.59 Å². The Labute approximate surface area is 185 Å². The van der Waals surface area contributed by atoms with Crippen LogP contribution in [0.5, 0.6) is 0 Å². The minimum atomic E-state index is -0.162. The minimum Gasteiger partial charge on any atom is -0.370 e. The molecule has 0 aromatic heterocycles. The summed E-state index contributed by atoms with van der Waals surface area (Å²) in [5, 5.41) is 0. The zero-order chi connectivity index (χ0) is 21.6. The van der Waals surface area contributed by atoms with Crippen LogP contribution in [0, 0.1) is 28.6 Å². The van der Waals surface area contributed by atoms with E-state index in [2.05, 4.69) is 44.2 Å². The van der Waals surface area contributed by atoms with Crippen molar-refractivity contribution >= 4 is 17.6 Å². The molecule has 3 fully saturated rings. The van der Waals surface area contributed by atoms with E-state index in [4.69, 9.17) is 4.74 Å². The fourth-order valence-electron chi connectivity index (χ4n) is 7.07. The van der Waals surface area contributed by atoms with Gasteiger partial charge in [-0.25, -0.2) is 0 Å². The standard InChI is InChI=1S/C28H32O3/c1-27-14-12-20(29)17-24(27)25(31-16-6-9-19-7-4-3-5-8-19)18-21-22-10-11-26(30)28(22,2)15-13-23(21)27/h3-9,12,14,17,21-23,25H,10-11,13,15-16,18H2,1-2H3/t21-,22-,23-,25+,27+,28-/m0/s1. The highest BCUT2D eigenvalue weighted by atomic mass is 16.5. The maximum Gasteiger partial charge on any atom is 0.178 e. The van der Waals surface area contributed by atoms with E-state index in [9.17, 15) is 9.59 Å². The lowest BCUT2D eigenvalue weighted by Gasteiger charge is -2.57. The largest absolute Gasteiger partial charge is 0.370 e. The van der Waals surface area contributed by atoms with Gasteiger partial charge in [-0.1, -0.05) is 62.4 Å². The summed E-state index contributed by atoms with van der Waals surface area (Å²) >= 11 is 0. The summed E-state index contributed by atoms with van der Waals surface area (Å²) < 4.78 is 6.42. The van der Waals surface area contributed by atoms with Crippen LogP contribution in [-0.2, 0) is 14.3 Å². The first-order valence-corrected chi connectivity index (χ1v) is 11.7. The zero-order valence-electron chi connectivity index (χ0n) is 18.6. The molecule has 0 aliphatic heterocycles. The Kier molecular flexibility index (Phi) is 5.13. The van der Waals surface area contributed by atoms with E-state index in [0.717, 1.165) is 43.2 Å². The molecule has 0 saturated heterocycles. The Bertz CT molecular complexity index is 971. The monoisotopic (exact) mass is 416 g/mol. The highest BCUT2D eigenvalue weighted by molar-refractivity contribution is 6.01. The number of fused-ring (bicyclic) bond motifs is 5. The number of carbonyl (C=O) groups is 2. The zero-order valence-corrected chi connectivity index (χ0v) is 18.6. The average molecular weight is 417 g/mol. The van der Waals surface area contributed by atoms with Crippen molar-refractivity contribution in [3.63, 3.8) is 0 Å². The third-order valence-corrected chi connectivity index (χ3v) is 8.77. The van der Waals surface area contributed by atoms with E-state index in [-0.39, 0.29) is 22.7 Å². The van der Waals surface area contributed by atoms with Gasteiger partial charge in [0.15, 0.2) is 5.78 Å². The Balaban J connectivity index is 1.40. The number of Topliss-reactive ketones (excluding diaryl/α,β-unsaturated/α-hetero) is 1. The van der Waals surface area contributed by atoms with Crippen molar-refractivity contribution in [3.05, 3.63) is 65.8 Å². The molecule has 0 amide bonds. The van der Waals surface area contributed by atoms with Crippen LogP contribution < -0.4 is 0 Å². The summed E-state index contributed by atoms with van der Waals surface area (Å²) in [5.41, 5.74) is 1.98. The van der Waals surface area contributed by atoms with Crippen LogP contribution in [0.4, 0.5) is 0 Å². The van der Waals surface area contributed by atoms with E-state index in [1.807, 2.05) is 24.3 Å². The summed E-state index contributed by atoms with van der Waals surface area (Å²) in [5.74, 6) is 1.91. The van der Waals surface area contributed by atoms with Crippen LogP contribution in [0.1, 0.15) is 51.5 Å². The van der Waals surface area contributed by atoms with Gasteiger partial charge in [-0.15, -0.1) is 0 Å². The molecule has 3 saturated carbocycles. The number of carbonyl (C=O) groups excluding carboxylic acids is 2. The van der Waals surface area contributed by atoms with Gasteiger partial charge >= 0.3 is 0 Å². The molecule has 31 heavy (non-hydrogen) atoms. The second-order valence-electron chi connectivity index (χ2n) is 10.3. The molecule has 0 bridgehead atoms. The first kappa shape index (κ1) is 20.6. The molecule has 4 aliphatic rings. The lowest BCUT2D eigenvalue weighted by atomic mass is 9.48. The van der Waals surface area contributed by atoms with Gasteiger partial charge in [-0.05, 0) is 66.7 Å². The van der Waals surface area contributed by atoms with Gasteiger partial charge in [0, 0.05) is 17.3 Å². The second-order valence-corrected chi connectivity index (χ2v) is 10.3. The molecule has 162 valence electrons. The molecule has 0 radical (unpaired) electrons. The summed E-state index contributed by atoms with van der Waals surface area (Å²) in [7, 11) is 0. The molecule has 0 spiro atoms. The number of benzene rings is 1. The van der Waals surface area contributed by atoms with Crippen molar-refractivity contribution < 1.29 is 14.3 Å². The van der Waals surface area contributed by atoms with Crippen molar-refractivity contribution in [3.8, 4) is 0 Å². The molecular formula is C28H32O3. The Hall–Kier alpha value is -2.26. The van der Waals surface area contributed by atoms with Crippen LogP contribution in [0.2, 0.25) is 0 Å². The summed E-state index contributed by atoms with van der Waals surface area (Å²) in [6.45, 7) is 5.01. The third kappa shape index (κ3) is 3.38. The first-order chi connectivity index (χ1) is 14.9. The van der Waals surface area contributed by atoms with Crippen molar-refractivity contribution in [1.29, 1.82) is 0 Å². The number of rotatable bonds is 4. The van der Waals surface area contributed by atoms with Gasteiger partial charge < -0.3 is 4.74 Å². The second kappa shape index (κ2) is 7.70. The highest BCUT2D eigenvalue weighted by Crippen LogP contribution is 2.63. The Morgan fingerprint density at radius 1 is 1.10 bits per heavy atom. The van der Waals surface area contributed by atoms with Crippen molar-refractivity contribution in [2.45, 2.75) is 52.1 Å². The van der Waals surface area contributed by atoms with E-state index in [1.54, 1.807) is 6.08 Å². The number of ether oxygens (including phenoxy) is 1. The summed E-state index contributed by atoms with van der Waals surface area (Å²) in [4.78, 5) is 25.0. The van der Waals surface area contributed by atoms with E-state index in [0.29, 0.717) is 30.1 Å². The normalized spacial score (nSPS) is 39.2. The molecule has 1 aromatic carbocycles. The summed E-state index contributed by atoms with van der Waals surface area (Å²) in [6, 6.07) is 10.2. The predicted molar refractivity (Wildman–Crippen MR) is 122 cm³/mol. The highest BCUT2D eigenvalue weighted by Gasteiger charge is 2.60. The molecule has 3 heteroatoms. The maximum atomic E-state index is 12.7. The topological polar surface area (TPSA) is 43.4 Å². The molecule has 3 nitrogen and oxygen atoms in total. The molecule has 1 aromatic rings. The molecule has 0 N–H and O–H groups in total. The average Bonchev–Trinajstić information content (AvgIpc) is 3.07. The quantitative estimate of drug-likeness (QED) is 0.644. The predicted octanol–water partition coefficient (Wildman–Crippen LogP) is 5.57. The van der Waals surface area contributed by atoms with Gasteiger partial charge in [0.25, 0.3) is 0 Å². The Morgan fingerprint density at radius 3 is 2.71 bits per heavy atom. The molecule has 0 unspecified atom stereocenters. The van der Waals surface area contributed by atoms with E-state index in [1.165, 1.54) is 0 Å². The lowest BCUT2D eigenvalue weighted by Crippen LogP contribution is -2.53. The maximum absolute atomic E-state index is 12.7.